The zero-order valence-electron chi connectivity index (χ0n) is 13.7. The Labute approximate surface area is 143 Å². The number of rotatable bonds is 5. The van der Waals surface area contributed by atoms with Crippen LogP contribution in [0.2, 0.25) is 0 Å². The normalized spacial score (nSPS) is 30.1. The van der Waals surface area contributed by atoms with Gasteiger partial charge < -0.3 is 25.4 Å². The van der Waals surface area contributed by atoms with Gasteiger partial charge in [-0.2, -0.15) is 21.7 Å². The summed E-state index contributed by atoms with van der Waals surface area (Å²) in [7, 11) is 0. The van der Waals surface area contributed by atoms with E-state index in [1.165, 1.54) is 11.8 Å². The highest BCUT2D eigenvalue weighted by molar-refractivity contribution is 8.00. The number of hydrogen-bond acceptors (Lipinski definition) is 9. The fourth-order valence-electron chi connectivity index (χ4n) is 2.91. The number of nitrogen functional groups attached to an aromatic ring is 1. The van der Waals surface area contributed by atoms with Crippen molar-refractivity contribution in [2.45, 2.75) is 37.0 Å². The van der Waals surface area contributed by atoms with E-state index in [-0.39, 0.29) is 12.6 Å². The molecule has 2 aromatic heterocycles. The predicted octanol–water partition coefficient (Wildman–Crippen LogP) is 0.179. The van der Waals surface area contributed by atoms with Gasteiger partial charge in [-0.05, 0) is 20.1 Å². The van der Waals surface area contributed by atoms with Gasteiger partial charge in [0.2, 0.25) is 11.8 Å². The van der Waals surface area contributed by atoms with Crippen LogP contribution in [0.4, 0.5) is 5.95 Å². The molecule has 132 valence electrons. The second-order valence-electron chi connectivity index (χ2n) is 5.69. The van der Waals surface area contributed by atoms with Gasteiger partial charge in [-0.1, -0.05) is 0 Å². The summed E-state index contributed by atoms with van der Waals surface area (Å²) >= 11 is 1.45. The molecule has 2 aromatic rings. The van der Waals surface area contributed by atoms with Gasteiger partial charge in [0.05, 0.1) is 24.3 Å². The molecule has 4 atom stereocenters. The number of aromatic nitrogens is 4. The average Bonchev–Trinajstić information content (AvgIpc) is 3.08. The van der Waals surface area contributed by atoms with Crippen LogP contribution < -0.4 is 10.5 Å². The summed E-state index contributed by atoms with van der Waals surface area (Å²) in [4.78, 5) is 12.6. The molecule has 3 rings (SSSR count). The Morgan fingerprint density at radius 3 is 2.88 bits per heavy atom. The maximum absolute atomic E-state index is 10.5. The molecule has 0 bridgehead atoms. The maximum Gasteiger partial charge on any atom is 0.247 e. The van der Waals surface area contributed by atoms with Crippen LogP contribution in [0.15, 0.2) is 6.33 Å². The largest absolute Gasteiger partial charge is 0.476 e. The number of thioether (sulfide) groups is 1. The van der Waals surface area contributed by atoms with Crippen molar-refractivity contribution in [1.82, 2.24) is 19.5 Å². The molecule has 10 heteroatoms. The van der Waals surface area contributed by atoms with Crippen molar-refractivity contribution in [1.29, 1.82) is 0 Å². The van der Waals surface area contributed by atoms with Crippen LogP contribution in [0.25, 0.3) is 11.2 Å². The van der Waals surface area contributed by atoms with Crippen LogP contribution in [-0.2, 0) is 4.74 Å². The molecular weight excluding hydrogens is 334 g/mol. The molecular formula is C14H21N5O4S. The number of imidazole rings is 1. The van der Waals surface area contributed by atoms with E-state index >= 15 is 0 Å². The second kappa shape index (κ2) is 6.36. The number of ether oxygens (including phenoxy) is 2. The third-order valence-electron chi connectivity index (χ3n) is 4.29. The number of aliphatic hydroxyl groups excluding tert-OH is 2. The summed E-state index contributed by atoms with van der Waals surface area (Å²) in [5, 5.41) is 20.0. The summed E-state index contributed by atoms with van der Waals surface area (Å²) in [6.45, 7) is 3.87. The monoisotopic (exact) mass is 355 g/mol. The van der Waals surface area contributed by atoms with Crippen LogP contribution in [0, 0.1) is 0 Å². The number of fused-ring (bicyclic) bond motifs is 1. The third kappa shape index (κ3) is 2.50. The summed E-state index contributed by atoms with van der Waals surface area (Å²) in [5.74, 6) is 0.373. The van der Waals surface area contributed by atoms with E-state index in [4.69, 9.17) is 15.2 Å². The van der Waals surface area contributed by atoms with Crippen LogP contribution in [-0.4, -0.2) is 66.2 Å². The Balaban J connectivity index is 2.12. The van der Waals surface area contributed by atoms with Gasteiger partial charge in [0.15, 0.2) is 17.4 Å². The lowest BCUT2D eigenvalue weighted by Crippen LogP contribution is -2.41. The van der Waals surface area contributed by atoms with Gasteiger partial charge in [0.25, 0.3) is 0 Å². The molecule has 1 fully saturated rings. The molecule has 0 radical (unpaired) electrons. The number of nitrogens with zero attached hydrogens (tertiary/aromatic N) is 4. The van der Waals surface area contributed by atoms with Gasteiger partial charge >= 0.3 is 0 Å². The Morgan fingerprint density at radius 1 is 1.50 bits per heavy atom. The molecule has 0 spiro atoms. The topological polar surface area (TPSA) is 129 Å². The van der Waals surface area contributed by atoms with Crippen molar-refractivity contribution in [2.24, 2.45) is 0 Å². The first kappa shape index (κ1) is 17.2. The first-order chi connectivity index (χ1) is 11.5. The van der Waals surface area contributed by atoms with Crippen LogP contribution >= 0.6 is 11.8 Å². The van der Waals surface area contributed by atoms with Gasteiger partial charge in [0, 0.05) is 0 Å². The van der Waals surface area contributed by atoms with E-state index in [0.29, 0.717) is 23.7 Å². The van der Waals surface area contributed by atoms with E-state index < -0.39 is 23.2 Å². The molecule has 3 heterocycles. The van der Waals surface area contributed by atoms with Crippen molar-refractivity contribution in [3.8, 4) is 5.88 Å². The highest BCUT2D eigenvalue weighted by atomic mass is 32.2. The molecule has 4 N–H and O–H groups in total. The van der Waals surface area contributed by atoms with Gasteiger partial charge in [-0.3, -0.25) is 4.57 Å². The standard InChI is InChI=1S/C14H21N5O4S/c1-4-22-11-8-10(17-13(15)18-11)19(6-16-8)12-14(2,24-3)9(21)7(5-20)23-12/h6-7,9,12,20-21H,4-5H2,1-3H3,(H2,15,17,18)/t7-,9-,12-,14-/m1/s1. The van der Waals surface area contributed by atoms with Crippen molar-refractivity contribution < 1.29 is 19.7 Å². The van der Waals surface area contributed by atoms with Crippen molar-refractivity contribution >= 4 is 28.9 Å². The maximum atomic E-state index is 10.5. The Hall–Kier alpha value is -1.62. The molecule has 0 saturated carbocycles. The van der Waals surface area contributed by atoms with Crippen LogP contribution in [0.3, 0.4) is 0 Å². The zero-order valence-corrected chi connectivity index (χ0v) is 14.5. The smallest absolute Gasteiger partial charge is 0.247 e. The lowest BCUT2D eigenvalue weighted by molar-refractivity contribution is -0.0440. The fourth-order valence-corrected chi connectivity index (χ4v) is 3.68. The molecule has 0 aliphatic carbocycles. The number of nitrogens with two attached hydrogens (primary N) is 1. The minimum absolute atomic E-state index is 0.0656. The quantitative estimate of drug-likeness (QED) is 0.688. The Kier molecular flexibility index (Phi) is 4.56. The minimum atomic E-state index is -0.842. The summed E-state index contributed by atoms with van der Waals surface area (Å²) < 4.78 is 12.4. The number of aliphatic hydroxyl groups is 2. The predicted molar refractivity (Wildman–Crippen MR) is 89.8 cm³/mol. The highest BCUT2D eigenvalue weighted by Gasteiger charge is 2.53. The molecule has 0 amide bonds. The molecule has 0 aromatic carbocycles. The van der Waals surface area contributed by atoms with E-state index in [0.717, 1.165) is 0 Å². The average molecular weight is 355 g/mol. The van der Waals surface area contributed by atoms with Crippen molar-refractivity contribution in [3.63, 3.8) is 0 Å². The first-order valence-corrected chi connectivity index (χ1v) is 8.81. The highest BCUT2D eigenvalue weighted by Crippen LogP contribution is 2.47. The first-order valence-electron chi connectivity index (χ1n) is 7.58. The SMILES string of the molecule is CCOc1nc(N)nc2c1ncn2[C@@H]1O[C@H](CO)[C@@H](O)[C@@]1(C)SC. The van der Waals surface area contributed by atoms with Crippen LogP contribution in [0.1, 0.15) is 20.1 Å². The molecule has 1 aliphatic heterocycles. The molecule has 1 saturated heterocycles. The Bertz CT molecular complexity index is 741. The van der Waals surface area contributed by atoms with Crippen molar-refractivity contribution in [2.75, 3.05) is 25.2 Å². The zero-order chi connectivity index (χ0) is 17.5. The lowest BCUT2D eigenvalue weighted by atomic mass is 10.0. The number of hydrogen-bond donors (Lipinski definition) is 3. The minimum Gasteiger partial charge on any atom is -0.476 e. The summed E-state index contributed by atoms with van der Waals surface area (Å²) in [5.41, 5.74) is 6.72. The lowest BCUT2D eigenvalue weighted by Gasteiger charge is -2.31. The molecule has 9 nitrogen and oxygen atoms in total. The molecule has 24 heavy (non-hydrogen) atoms. The van der Waals surface area contributed by atoms with Crippen molar-refractivity contribution in [3.05, 3.63) is 6.33 Å². The van der Waals surface area contributed by atoms with E-state index in [2.05, 4.69) is 15.0 Å². The van der Waals surface area contributed by atoms with Gasteiger partial charge in [-0.25, -0.2) is 4.98 Å². The van der Waals surface area contributed by atoms with E-state index in [1.807, 2.05) is 20.1 Å². The van der Waals surface area contributed by atoms with Gasteiger partial charge in [-0.15, -0.1) is 0 Å². The third-order valence-corrected chi connectivity index (χ3v) is 5.62. The summed E-state index contributed by atoms with van der Waals surface area (Å²) in [6, 6.07) is 0. The molecule has 0 unspecified atom stereocenters. The van der Waals surface area contributed by atoms with E-state index in [1.54, 1.807) is 10.9 Å². The second-order valence-corrected chi connectivity index (χ2v) is 6.97. The summed E-state index contributed by atoms with van der Waals surface area (Å²) in [6.07, 6.45) is 1.34. The van der Waals surface area contributed by atoms with Gasteiger partial charge in [0.1, 0.15) is 12.2 Å². The number of anilines is 1. The Morgan fingerprint density at radius 2 is 2.25 bits per heavy atom. The van der Waals surface area contributed by atoms with E-state index in [9.17, 15) is 10.2 Å². The van der Waals surface area contributed by atoms with Crippen LogP contribution in [0.5, 0.6) is 5.88 Å². The fraction of sp³-hybridized carbons (Fsp3) is 0.643. The molecule has 1 aliphatic rings.